The van der Waals surface area contributed by atoms with E-state index in [4.69, 9.17) is 0 Å². The van der Waals surface area contributed by atoms with Crippen molar-refractivity contribution in [2.45, 2.75) is 6.42 Å². The molecule has 1 radical (unpaired) electrons. The Labute approximate surface area is 61.2 Å². The maximum Gasteiger partial charge on any atom is -0.00577 e. The van der Waals surface area contributed by atoms with E-state index in [2.05, 4.69) is 37.3 Å². The molecule has 0 amide bonds. The molecule has 0 bridgehead atoms. The maximum atomic E-state index is 3.91. The van der Waals surface area contributed by atoms with E-state index in [0.717, 1.165) is 6.42 Å². The van der Waals surface area contributed by atoms with Gasteiger partial charge in [-0.3, -0.25) is 0 Å². The Kier molecular flexibility index (Phi) is 1.13. The van der Waals surface area contributed by atoms with Crippen molar-refractivity contribution in [2.24, 2.45) is 0 Å². The number of allylic oxidation sites excluding steroid dienone is 1. The topological polar surface area (TPSA) is 0 Å². The van der Waals surface area contributed by atoms with E-state index in [-0.39, 0.29) is 0 Å². The Morgan fingerprint density at radius 1 is 1.20 bits per heavy atom. The average molecular weight is 129 g/mol. The van der Waals surface area contributed by atoms with Crippen molar-refractivity contribution in [3.63, 3.8) is 0 Å². The Morgan fingerprint density at radius 3 is 2.80 bits per heavy atom. The molecule has 0 unspecified atom stereocenters. The van der Waals surface area contributed by atoms with Crippen molar-refractivity contribution < 1.29 is 0 Å². The summed E-state index contributed by atoms with van der Waals surface area (Å²) in [5.41, 5.74) is 3.97. The summed E-state index contributed by atoms with van der Waals surface area (Å²) in [5, 5.41) is 0. The molecule has 0 atom stereocenters. The van der Waals surface area contributed by atoms with Crippen LogP contribution in [0.5, 0.6) is 0 Å². The first kappa shape index (κ1) is 5.72. The van der Waals surface area contributed by atoms with Gasteiger partial charge in [-0.15, -0.1) is 0 Å². The van der Waals surface area contributed by atoms with Gasteiger partial charge in [-0.25, -0.2) is 0 Å². The first-order chi connectivity index (χ1) is 4.86. The van der Waals surface area contributed by atoms with Gasteiger partial charge < -0.3 is 0 Å². The third-order valence-electron chi connectivity index (χ3n) is 1.83. The number of hydrogen-bond donors (Lipinski definition) is 0. The molecule has 49 valence electrons. The summed E-state index contributed by atoms with van der Waals surface area (Å²) in [6.07, 6.45) is 3.19. The maximum absolute atomic E-state index is 3.91. The fourth-order valence-corrected chi connectivity index (χ4v) is 1.35. The zero-order valence-corrected chi connectivity index (χ0v) is 5.80. The van der Waals surface area contributed by atoms with Crippen molar-refractivity contribution in [1.82, 2.24) is 0 Å². The molecule has 0 nitrogen and oxygen atoms in total. The number of benzene rings is 1. The monoisotopic (exact) mass is 129 g/mol. The highest BCUT2D eigenvalue weighted by Gasteiger charge is 2.06. The smallest absolute Gasteiger partial charge is 0.00577 e. The minimum atomic E-state index is 1.04. The fourth-order valence-electron chi connectivity index (χ4n) is 1.35. The van der Waals surface area contributed by atoms with Crippen molar-refractivity contribution in [1.29, 1.82) is 0 Å². The second-order valence-corrected chi connectivity index (χ2v) is 2.68. The summed E-state index contributed by atoms with van der Waals surface area (Å²) < 4.78 is 0. The summed E-state index contributed by atoms with van der Waals surface area (Å²) >= 11 is 0. The van der Waals surface area contributed by atoms with Crippen LogP contribution in [0.3, 0.4) is 0 Å². The predicted octanol–water partition coefficient (Wildman–Crippen LogP) is 2.46. The first-order valence-electron chi connectivity index (χ1n) is 3.47. The number of hydrogen-bond acceptors (Lipinski definition) is 0. The lowest BCUT2D eigenvalue weighted by molar-refractivity contribution is 1.25. The molecule has 1 aromatic rings. The first-order valence-corrected chi connectivity index (χ1v) is 3.47. The van der Waals surface area contributed by atoms with Crippen LogP contribution in [0.25, 0.3) is 6.08 Å². The lowest BCUT2D eigenvalue weighted by Crippen LogP contribution is -1.79. The largest absolute Gasteiger partial charge is 0.0649 e. The van der Waals surface area contributed by atoms with Crippen LogP contribution in [0.15, 0.2) is 29.8 Å². The number of rotatable bonds is 0. The molecule has 0 saturated carbocycles. The van der Waals surface area contributed by atoms with Crippen LogP contribution in [0.1, 0.15) is 11.1 Å². The van der Waals surface area contributed by atoms with Crippen molar-refractivity contribution in [3.8, 4) is 0 Å². The van der Waals surface area contributed by atoms with E-state index in [0.29, 0.717) is 0 Å². The third-order valence-corrected chi connectivity index (χ3v) is 1.83. The van der Waals surface area contributed by atoms with Crippen LogP contribution in [-0.2, 0) is 6.42 Å². The summed E-state index contributed by atoms with van der Waals surface area (Å²) in [6.45, 7) is 3.91. The second-order valence-electron chi connectivity index (χ2n) is 2.68. The minimum absolute atomic E-state index is 1.04. The van der Waals surface area contributed by atoms with Crippen LogP contribution < -0.4 is 0 Å². The molecule has 10 heavy (non-hydrogen) atoms. The highest BCUT2D eigenvalue weighted by atomic mass is 14.1. The van der Waals surface area contributed by atoms with Gasteiger partial charge in [0.05, 0.1) is 0 Å². The molecular formula is C10H9. The van der Waals surface area contributed by atoms with Crippen LogP contribution in [0, 0.1) is 6.92 Å². The van der Waals surface area contributed by atoms with Gasteiger partial charge in [0.2, 0.25) is 0 Å². The van der Waals surface area contributed by atoms with Gasteiger partial charge in [0.25, 0.3) is 0 Å². The Hall–Kier alpha value is -1.04. The van der Waals surface area contributed by atoms with Gasteiger partial charge in [0.15, 0.2) is 0 Å². The van der Waals surface area contributed by atoms with E-state index in [9.17, 15) is 0 Å². The minimum Gasteiger partial charge on any atom is -0.0649 e. The van der Waals surface area contributed by atoms with Crippen LogP contribution in [0.2, 0.25) is 0 Å². The van der Waals surface area contributed by atoms with E-state index in [1.807, 2.05) is 0 Å². The van der Waals surface area contributed by atoms with Gasteiger partial charge in [0, 0.05) is 0 Å². The molecule has 1 aliphatic rings. The summed E-state index contributed by atoms with van der Waals surface area (Å²) in [7, 11) is 0. The molecule has 0 saturated heterocycles. The van der Waals surface area contributed by atoms with Crippen molar-refractivity contribution >= 4 is 6.08 Å². The molecule has 0 fully saturated rings. The van der Waals surface area contributed by atoms with Crippen molar-refractivity contribution in [3.05, 3.63) is 47.9 Å². The molecule has 0 heteroatoms. The average Bonchev–Trinajstić information content (AvgIpc) is 2.27. The molecule has 0 spiro atoms. The van der Waals surface area contributed by atoms with E-state index in [1.165, 1.54) is 16.7 Å². The lowest BCUT2D eigenvalue weighted by Gasteiger charge is -1.93. The molecular weight excluding hydrogens is 120 g/mol. The Bertz CT molecular complexity index is 282. The quantitative estimate of drug-likeness (QED) is 0.504. The Balaban J connectivity index is 2.54. The van der Waals surface area contributed by atoms with Gasteiger partial charge in [-0.05, 0) is 24.5 Å². The Morgan fingerprint density at radius 2 is 2.00 bits per heavy atom. The molecule has 0 aromatic heterocycles. The lowest BCUT2D eigenvalue weighted by atomic mass is 10.1. The molecule has 1 aromatic carbocycles. The second kappa shape index (κ2) is 1.98. The summed E-state index contributed by atoms with van der Waals surface area (Å²) in [6, 6.07) is 8.43. The zero-order valence-electron chi connectivity index (χ0n) is 5.80. The highest BCUT2D eigenvalue weighted by Crippen LogP contribution is 2.23. The van der Waals surface area contributed by atoms with Crippen LogP contribution in [0.4, 0.5) is 0 Å². The third kappa shape index (κ3) is 0.766. The molecule has 0 aliphatic heterocycles. The normalized spacial score (nSPS) is 14.7. The summed E-state index contributed by atoms with van der Waals surface area (Å²) in [4.78, 5) is 0. The number of fused-ring (bicyclic) bond motifs is 1. The molecule has 2 rings (SSSR count). The molecule has 0 heterocycles. The molecule has 1 aliphatic carbocycles. The fraction of sp³-hybridized carbons (Fsp3) is 0.100. The summed E-state index contributed by atoms with van der Waals surface area (Å²) in [5.74, 6) is 0. The van der Waals surface area contributed by atoms with E-state index >= 15 is 0 Å². The van der Waals surface area contributed by atoms with Gasteiger partial charge >= 0.3 is 0 Å². The van der Waals surface area contributed by atoms with Crippen LogP contribution in [-0.4, -0.2) is 0 Å². The SMILES string of the molecule is [CH2]C1=Cc2ccccc2C1. The van der Waals surface area contributed by atoms with Gasteiger partial charge in [-0.1, -0.05) is 35.9 Å². The van der Waals surface area contributed by atoms with Crippen LogP contribution >= 0.6 is 0 Å². The molecule has 0 N–H and O–H groups in total. The van der Waals surface area contributed by atoms with Gasteiger partial charge in [-0.2, -0.15) is 0 Å². The highest BCUT2D eigenvalue weighted by molar-refractivity contribution is 5.64. The van der Waals surface area contributed by atoms with E-state index in [1.54, 1.807) is 0 Å². The van der Waals surface area contributed by atoms with Crippen molar-refractivity contribution in [2.75, 3.05) is 0 Å². The van der Waals surface area contributed by atoms with E-state index < -0.39 is 0 Å². The zero-order chi connectivity index (χ0) is 6.97. The van der Waals surface area contributed by atoms with Gasteiger partial charge in [0.1, 0.15) is 0 Å². The predicted molar refractivity (Wildman–Crippen MR) is 43.5 cm³/mol. The standard InChI is InChI=1S/C10H9/c1-8-6-9-4-2-3-5-10(9)7-8/h2-6H,1,7H2.